The molecule has 0 radical (unpaired) electrons. The van der Waals surface area contributed by atoms with Gasteiger partial charge in [-0.1, -0.05) is 4.98 Å². The SMILES string of the molecule is CC(C)O[C@@H]1[C@H](OC(C)C)[C@@H](CO[P+](=O)[O-])O[C@H]1[n+]1cn(C)c2c(=O)[nH]c(N)nc21.[Na+]. The first-order chi connectivity index (χ1) is 14.1. The predicted octanol–water partition coefficient (Wildman–Crippen LogP) is -3.35. The van der Waals surface area contributed by atoms with Crippen LogP contribution in [-0.4, -0.2) is 51.7 Å². The fourth-order valence-corrected chi connectivity index (χ4v) is 3.86. The molecule has 14 heteroatoms. The molecule has 2 aromatic rings. The molecule has 3 heterocycles. The maximum absolute atomic E-state index is 12.4. The van der Waals surface area contributed by atoms with Gasteiger partial charge in [0.05, 0.1) is 19.3 Å². The zero-order chi connectivity index (χ0) is 22.2. The van der Waals surface area contributed by atoms with E-state index in [0.717, 1.165) is 0 Å². The van der Waals surface area contributed by atoms with Crippen LogP contribution in [0.15, 0.2) is 11.1 Å². The van der Waals surface area contributed by atoms with Gasteiger partial charge < -0.3 is 24.8 Å². The van der Waals surface area contributed by atoms with Gasteiger partial charge in [0.2, 0.25) is 11.7 Å². The van der Waals surface area contributed by atoms with Crippen LogP contribution in [0.1, 0.15) is 33.9 Å². The van der Waals surface area contributed by atoms with Crippen LogP contribution in [0.5, 0.6) is 0 Å². The number of nitrogens with zero attached hydrogens (tertiary/aromatic N) is 3. The molecule has 0 saturated carbocycles. The number of nitrogen functional groups attached to an aromatic ring is 1. The van der Waals surface area contributed by atoms with E-state index < -0.39 is 38.4 Å². The second-order valence-electron chi connectivity index (χ2n) is 7.64. The third-order valence-electron chi connectivity index (χ3n) is 4.55. The predicted molar refractivity (Wildman–Crippen MR) is 103 cm³/mol. The van der Waals surface area contributed by atoms with E-state index in [2.05, 4.69) is 9.97 Å². The molecule has 3 rings (SSSR count). The summed E-state index contributed by atoms with van der Waals surface area (Å²) in [5, 5.41) is 0. The van der Waals surface area contributed by atoms with Crippen LogP contribution >= 0.6 is 8.25 Å². The number of aryl methyl sites for hydroxylation is 1. The average molecular weight is 467 g/mol. The largest absolute Gasteiger partial charge is 1.00 e. The average Bonchev–Trinajstić information content (AvgIpc) is 3.10. The van der Waals surface area contributed by atoms with Crippen molar-refractivity contribution < 1.29 is 62.3 Å². The Balaban J connectivity index is 0.00000341. The summed E-state index contributed by atoms with van der Waals surface area (Å²) >= 11 is 0. The van der Waals surface area contributed by atoms with Gasteiger partial charge in [0.25, 0.3) is 11.5 Å². The molecule has 1 aliphatic heterocycles. The van der Waals surface area contributed by atoms with Gasteiger partial charge in [0.15, 0.2) is 6.33 Å². The number of hydrogen-bond donors (Lipinski definition) is 2. The van der Waals surface area contributed by atoms with Gasteiger partial charge in [-0.05, 0) is 32.3 Å². The van der Waals surface area contributed by atoms with Crippen LogP contribution in [0, 0.1) is 0 Å². The number of ether oxygens (including phenoxy) is 3. The third-order valence-corrected chi connectivity index (χ3v) is 4.91. The normalized spacial score (nSPS) is 24.2. The molecule has 2 aromatic heterocycles. The number of rotatable bonds is 8. The number of H-pyrrole nitrogens is 1. The van der Waals surface area contributed by atoms with E-state index in [-0.39, 0.29) is 54.3 Å². The fraction of sp³-hybridized carbons (Fsp3) is 0.706. The molecule has 0 spiro atoms. The first-order valence-electron chi connectivity index (χ1n) is 9.58. The molecule has 1 fully saturated rings. The molecule has 0 aromatic carbocycles. The maximum Gasteiger partial charge on any atom is 1.00 e. The summed E-state index contributed by atoms with van der Waals surface area (Å²) in [7, 11) is -1.35. The molecule has 1 aliphatic rings. The molecule has 0 bridgehead atoms. The number of aromatic amines is 1. The van der Waals surface area contributed by atoms with Gasteiger partial charge in [-0.3, -0.25) is 14.3 Å². The standard InChI is InChI=1S/C17H26N5O7P.Na/c1-8(2)27-12-10(6-26-30(24)25)29-16(13(12)28-9(3)4)22-7-21(5)11-14(22)19-17(18)20-15(11)23;/h7-10,12-13,16H,6H2,1-5H3,(H2-,18,19,20,23);/q;+1/p+1/t10-,12-,13-,16-;/m1./s1. The molecule has 1 unspecified atom stereocenters. The number of imidazole rings is 1. The van der Waals surface area contributed by atoms with E-state index in [0.29, 0.717) is 11.2 Å². The maximum atomic E-state index is 12.4. The number of hydrogen-bond acceptors (Lipinski definition) is 9. The summed E-state index contributed by atoms with van der Waals surface area (Å²) in [6.07, 6.45) is -1.42. The van der Waals surface area contributed by atoms with Crippen molar-refractivity contribution in [1.82, 2.24) is 14.5 Å². The van der Waals surface area contributed by atoms with E-state index in [4.69, 9.17) is 24.5 Å². The Morgan fingerprint density at radius 3 is 2.52 bits per heavy atom. The molecule has 0 amide bonds. The number of anilines is 1. The van der Waals surface area contributed by atoms with Crippen molar-refractivity contribution in [2.24, 2.45) is 7.05 Å². The Morgan fingerprint density at radius 2 is 1.94 bits per heavy atom. The van der Waals surface area contributed by atoms with Crippen molar-refractivity contribution >= 4 is 25.4 Å². The van der Waals surface area contributed by atoms with Crippen LogP contribution in [0.25, 0.3) is 11.2 Å². The Morgan fingerprint density at radius 1 is 1.32 bits per heavy atom. The Hall–Kier alpha value is -0.950. The topological polar surface area (TPSA) is 158 Å². The molecule has 5 atom stereocenters. The molecule has 0 aliphatic carbocycles. The van der Waals surface area contributed by atoms with Crippen LogP contribution in [0.4, 0.5) is 5.95 Å². The van der Waals surface area contributed by atoms with Crippen LogP contribution < -0.4 is 50.3 Å². The minimum atomic E-state index is -3.05. The van der Waals surface area contributed by atoms with Gasteiger partial charge in [-0.2, -0.15) is 0 Å². The number of nitrogens with one attached hydrogen (secondary N) is 1. The van der Waals surface area contributed by atoms with E-state index in [1.165, 1.54) is 0 Å². The smallest absolute Gasteiger partial charge is 0.566 e. The van der Waals surface area contributed by atoms with Gasteiger partial charge in [-0.25, -0.2) is 4.57 Å². The summed E-state index contributed by atoms with van der Waals surface area (Å²) in [5.41, 5.74) is 5.96. The van der Waals surface area contributed by atoms with Gasteiger partial charge in [0, 0.05) is 0 Å². The summed E-state index contributed by atoms with van der Waals surface area (Å²) in [6, 6.07) is 0. The fourth-order valence-electron chi connectivity index (χ4n) is 3.59. The molecular formula is C17H27N5NaO7P+2. The summed E-state index contributed by atoms with van der Waals surface area (Å²) in [4.78, 5) is 30.1. The van der Waals surface area contributed by atoms with Crippen molar-refractivity contribution in [3.8, 4) is 0 Å². The van der Waals surface area contributed by atoms with E-state index in [9.17, 15) is 14.3 Å². The first-order valence-corrected chi connectivity index (χ1v) is 10.7. The Bertz CT molecular complexity index is 982. The minimum Gasteiger partial charge on any atom is -0.566 e. The number of fused-ring (bicyclic) bond motifs is 1. The second kappa shape index (κ2) is 10.8. The Kier molecular flexibility index (Phi) is 9.15. The zero-order valence-corrected chi connectivity index (χ0v) is 21.4. The summed E-state index contributed by atoms with van der Waals surface area (Å²) in [6.45, 7) is 7.23. The van der Waals surface area contributed by atoms with E-state index in [1.807, 2.05) is 27.7 Å². The molecule has 166 valence electrons. The van der Waals surface area contributed by atoms with Gasteiger partial charge in [0.1, 0.15) is 24.9 Å². The van der Waals surface area contributed by atoms with Crippen molar-refractivity contribution in [2.75, 3.05) is 12.3 Å². The summed E-state index contributed by atoms with van der Waals surface area (Å²) in [5.74, 6) is -0.0370. The van der Waals surface area contributed by atoms with Crippen LogP contribution in [0.2, 0.25) is 0 Å². The zero-order valence-electron chi connectivity index (χ0n) is 18.5. The molecule has 31 heavy (non-hydrogen) atoms. The number of aromatic nitrogens is 4. The monoisotopic (exact) mass is 467 g/mol. The van der Waals surface area contributed by atoms with Crippen molar-refractivity contribution in [3.05, 3.63) is 16.7 Å². The van der Waals surface area contributed by atoms with Gasteiger partial charge >= 0.3 is 43.5 Å². The second-order valence-corrected chi connectivity index (χ2v) is 8.35. The van der Waals surface area contributed by atoms with Crippen LogP contribution in [-0.2, 0) is 30.3 Å². The van der Waals surface area contributed by atoms with E-state index >= 15 is 0 Å². The number of nitrogens with two attached hydrogens (primary N) is 1. The molecular weight excluding hydrogens is 440 g/mol. The van der Waals surface area contributed by atoms with Crippen LogP contribution in [0.3, 0.4) is 0 Å². The quantitative estimate of drug-likeness (QED) is 0.230. The van der Waals surface area contributed by atoms with Crippen molar-refractivity contribution in [3.63, 3.8) is 0 Å². The van der Waals surface area contributed by atoms with E-state index in [1.54, 1.807) is 22.5 Å². The molecule has 1 saturated heterocycles. The molecule has 3 N–H and O–H groups in total. The third kappa shape index (κ3) is 5.89. The first kappa shape index (κ1) is 26.3. The Labute approximate surface area is 202 Å². The van der Waals surface area contributed by atoms with Crippen molar-refractivity contribution in [1.29, 1.82) is 0 Å². The molecule has 12 nitrogen and oxygen atoms in total. The minimum absolute atomic E-state index is 0. The van der Waals surface area contributed by atoms with Crippen molar-refractivity contribution in [2.45, 2.75) is 64.4 Å². The van der Waals surface area contributed by atoms with Gasteiger partial charge in [-0.15, -0.1) is 4.52 Å². The summed E-state index contributed by atoms with van der Waals surface area (Å²) < 4.78 is 37.3.